The topological polar surface area (TPSA) is 71.4 Å². The highest BCUT2D eigenvalue weighted by molar-refractivity contribution is 7.92. The lowest BCUT2D eigenvalue weighted by molar-refractivity contribution is -0.116. The van der Waals surface area contributed by atoms with Gasteiger partial charge in [0.2, 0.25) is 15.9 Å². The second-order valence-electron chi connectivity index (χ2n) is 7.01. The van der Waals surface area contributed by atoms with Crippen molar-refractivity contribution >= 4 is 38.2 Å². The summed E-state index contributed by atoms with van der Waals surface area (Å²) in [6.07, 6.45) is 3.93. The number of carbonyl (C=O) groups is 1. The number of benzene rings is 2. The Balaban J connectivity index is 1.37. The summed E-state index contributed by atoms with van der Waals surface area (Å²) in [4.78, 5) is 12.3. The van der Waals surface area contributed by atoms with Crippen molar-refractivity contribution < 1.29 is 13.2 Å². The molecule has 2 heterocycles. The van der Waals surface area contributed by atoms with Crippen molar-refractivity contribution in [1.29, 1.82) is 0 Å². The van der Waals surface area contributed by atoms with Gasteiger partial charge in [0.15, 0.2) is 0 Å². The molecule has 28 heavy (non-hydrogen) atoms. The highest BCUT2D eigenvalue weighted by Crippen LogP contribution is 2.25. The lowest BCUT2D eigenvalue weighted by Crippen LogP contribution is -2.37. The maximum atomic E-state index is 12.3. The van der Waals surface area contributed by atoms with E-state index in [4.69, 9.17) is 0 Å². The van der Waals surface area contributed by atoms with E-state index in [0.29, 0.717) is 37.3 Å². The van der Waals surface area contributed by atoms with Gasteiger partial charge in [0, 0.05) is 36.9 Å². The van der Waals surface area contributed by atoms with Crippen molar-refractivity contribution in [2.24, 2.45) is 0 Å². The van der Waals surface area contributed by atoms with Crippen molar-refractivity contribution in [3.8, 4) is 0 Å². The fourth-order valence-electron chi connectivity index (χ4n) is 3.57. The van der Waals surface area contributed by atoms with Gasteiger partial charge >= 0.3 is 0 Å². The molecule has 0 spiro atoms. The number of sulfonamides is 1. The predicted octanol–water partition coefficient (Wildman–Crippen LogP) is 3.60. The van der Waals surface area contributed by atoms with Gasteiger partial charge in [-0.3, -0.25) is 9.10 Å². The van der Waals surface area contributed by atoms with Gasteiger partial charge in [0.05, 0.1) is 11.4 Å². The zero-order chi connectivity index (χ0) is 19.6. The summed E-state index contributed by atoms with van der Waals surface area (Å²) < 4.78 is 27.9. The van der Waals surface area contributed by atoms with Crippen LogP contribution < -0.4 is 9.62 Å². The molecule has 0 saturated carbocycles. The summed E-state index contributed by atoms with van der Waals surface area (Å²) in [6.45, 7) is 1.11. The van der Waals surface area contributed by atoms with Gasteiger partial charge in [-0.1, -0.05) is 18.2 Å². The largest absolute Gasteiger partial charge is 0.347 e. The number of hydrogen-bond acceptors (Lipinski definition) is 3. The van der Waals surface area contributed by atoms with Crippen LogP contribution in [0.5, 0.6) is 0 Å². The van der Waals surface area contributed by atoms with Crippen LogP contribution in [0, 0.1) is 0 Å². The summed E-state index contributed by atoms with van der Waals surface area (Å²) in [5.41, 5.74) is 2.43. The molecule has 1 fully saturated rings. The highest BCUT2D eigenvalue weighted by atomic mass is 32.2. The Labute approximate surface area is 164 Å². The number of amides is 1. The molecule has 146 valence electrons. The lowest BCUT2D eigenvalue weighted by atomic mass is 10.2. The minimum Gasteiger partial charge on any atom is -0.347 e. The Morgan fingerprint density at radius 3 is 2.57 bits per heavy atom. The molecule has 2 aromatic carbocycles. The number of rotatable bonds is 5. The van der Waals surface area contributed by atoms with Crippen molar-refractivity contribution in [3.63, 3.8) is 0 Å². The molecule has 1 saturated heterocycles. The van der Waals surface area contributed by atoms with E-state index in [1.165, 1.54) is 4.31 Å². The third-order valence-corrected chi connectivity index (χ3v) is 6.92. The second-order valence-corrected chi connectivity index (χ2v) is 9.02. The van der Waals surface area contributed by atoms with Crippen LogP contribution in [0.1, 0.15) is 19.3 Å². The van der Waals surface area contributed by atoms with E-state index in [9.17, 15) is 13.2 Å². The molecule has 4 rings (SSSR count). The molecule has 1 aliphatic heterocycles. The van der Waals surface area contributed by atoms with E-state index < -0.39 is 10.0 Å². The third kappa shape index (κ3) is 3.89. The molecule has 0 unspecified atom stereocenters. The van der Waals surface area contributed by atoms with Crippen molar-refractivity contribution in [1.82, 2.24) is 4.57 Å². The quantitative estimate of drug-likeness (QED) is 0.715. The summed E-state index contributed by atoms with van der Waals surface area (Å²) in [5.74, 6) is 0.121. The van der Waals surface area contributed by atoms with Crippen LogP contribution in [0.4, 0.5) is 11.4 Å². The van der Waals surface area contributed by atoms with Crippen molar-refractivity contribution in [2.75, 3.05) is 21.9 Å². The lowest BCUT2D eigenvalue weighted by Gasteiger charge is -2.28. The number of aryl methyl sites for hydroxylation is 1. The van der Waals surface area contributed by atoms with E-state index >= 15 is 0 Å². The van der Waals surface area contributed by atoms with E-state index in [1.54, 1.807) is 24.3 Å². The maximum Gasteiger partial charge on any atom is 0.235 e. The van der Waals surface area contributed by atoms with Crippen LogP contribution in [0.2, 0.25) is 0 Å². The Hall–Kier alpha value is -2.80. The molecule has 7 heteroatoms. The van der Waals surface area contributed by atoms with Gasteiger partial charge in [-0.15, -0.1) is 0 Å². The van der Waals surface area contributed by atoms with Gasteiger partial charge in [-0.2, -0.15) is 0 Å². The van der Waals surface area contributed by atoms with Gasteiger partial charge < -0.3 is 9.88 Å². The summed E-state index contributed by atoms with van der Waals surface area (Å²) >= 11 is 0. The van der Waals surface area contributed by atoms with Gasteiger partial charge in [0.25, 0.3) is 0 Å². The predicted molar refractivity (Wildman–Crippen MR) is 112 cm³/mol. The average Bonchev–Trinajstić information content (AvgIpc) is 3.10. The number of para-hydroxylation sites is 1. The summed E-state index contributed by atoms with van der Waals surface area (Å²) in [6, 6.07) is 17.1. The number of fused-ring (bicyclic) bond motifs is 1. The molecule has 6 nitrogen and oxygen atoms in total. The standard InChI is InChI=1S/C21H23N3O3S/c25-21(12-15-23-14-11-17-5-1-2-6-20(17)23)22-18-7-9-19(10-8-18)24-13-3-4-16-28(24,26)27/h1-2,5-11,14H,3-4,12-13,15-16H2,(H,22,25). The Bertz CT molecular complexity index is 1090. The van der Waals surface area contributed by atoms with Gasteiger partial charge in [-0.05, 0) is 54.6 Å². The molecule has 0 aliphatic carbocycles. The Morgan fingerprint density at radius 2 is 1.79 bits per heavy atom. The molecule has 0 radical (unpaired) electrons. The minimum absolute atomic E-state index is 0.0730. The number of aromatic nitrogens is 1. The van der Waals surface area contributed by atoms with E-state index in [2.05, 4.69) is 16.0 Å². The normalized spacial score (nSPS) is 16.2. The Kier molecular flexibility index (Phi) is 5.09. The third-order valence-electron chi connectivity index (χ3n) is 5.05. The summed E-state index contributed by atoms with van der Waals surface area (Å²) in [7, 11) is -3.22. The van der Waals surface area contributed by atoms with E-state index in [0.717, 1.165) is 17.3 Å². The minimum atomic E-state index is -3.22. The second kappa shape index (κ2) is 7.67. The van der Waals surface area contributed by atoms with Crippen LogP contribution in [0.3, 0.4) is 0 Å². The molecular weight excluding hydrogens is 374 g/mol. The number of anilines is 2. The summed E-state index contributed by atoms with van der Waals surface area (Å²) in [5, 5.41) is 4.04. The van der Waals surface area contributed by atoms with E-state index in [1.807, 2.05) is 30.5 Å². The molecule has 1 N–H and O–H groups in total. The van der Waals surface area contributed by atoms with Crippen LogP contribution in [0.15, 0.2) is 60.8 Å². The van der Waals surface area contributed by atoms with Crippen LogP contribution in [-0.2, 0) is 21.4 Å². The number of nitrogens with one attached hydrogen (secondary N) is 1. The number of nitrogens with zero attached hydrogens (tertiary/aromatic N) is 2. The van der Waals surface area contributed by atoms with Crippen LogP contribution in [0.25, 0.3) is 10.9 Å². The van der Waals surface area contributed by atoms with Gasteiger partial charge in [-0.25, -0.2) is 8.42 Å². The zero-order valence-corrected chi connectivity index (χ0v) is 16.4. The molecule has 3 aromatic rings. The molecule has 0 bridgehead atoms. The van der Waals surface area contributed by atoms with Crippen molar-refractivity contribution in [3.05, 3.63) is 60.8 Å². The molecule has 1 aromatic heterocycles. The highest BCUT2D eigenvalue weighted by Gasteiger charge is 2.25. The van der Waals surface area contributed by atoms with Gasteiger partial charge in [0.1, 0.15) is 0 Å². The molecule has 1 amide bonds. The fourth-order valence-corrected chi connectivity index (χ4v) is 5.21. The molecule has 1 aliphatic rings. The molecule has 0 atom stereocenters. The SMILES string of the molecule is O=C(CCn1ccc2ccccc21)Nc1ccc(N2CCCCS2(=O)=O)cc1. The first kappa shape index (κ1) is 18.6. The first-order chi connectivity index (χ1) is 13.5. The fraction of sp³-hybridized carbons (Fsp3) is 0.286. The molecular formula is C21H23N3O3S. The smallest absolute Gasteiger partial charge is 0.235 e. The van der Waals surface area contributed by atoms with Crippen LogP contribution >= 0.6 is 0 Å². The average molecular weight is 398 g/mol. The van der Waals surface area contributed by atoms with Crippen molar-refractivity contribution in [2.45, 2.75) is 25.8 Å². The first-order valence-electron chi connectivity index (χ1n) is 9.47. The maximum absolute atomic E-state index is 12.3. The first-order valence-corrected chi connectivity index (χ1v) is 11.1. The monoisotopic (exact) mass is 397 g/mol. The number of hydrogen-bond donors (Lipinski definition) is 1. The number of carbonyl (C=O) groups excluding carboxylic acids is 1. The van der Waals surface area contributed by atoms with E-state index in [-0.39, 0.29) is 11.7 Å². The van der Waals surface area contributed by atoms with Crippen LogP contribution in [-0.4, -0.2) is 31.2 Å². The Morgan fingerprint density at radius 1 is 1.00 bits per heavy atom. The zero-order valence-electron chi connectivity index (χ0n) is 15.5.